The van der Waals surface area contributed by atoms with Gasteiger partial charge in [-0.15, -0.1) is 0 Å². The second-order valence-electron chi connectivity index (χ2n) is 4.94. The van der Waals surface area contributed by atoms with E-state index in [1.165, 1.54) is 0 Å². The summed E-state index contributed by atoms with van der Waals surface area (Å²) in [6.45, 7) is 6.24. The Morgan fingerprint density at radius 2 is 2.00 bits per heavy atom. The van der Waals surface area contributed by atoms with Crippen molar-refractivity contribution in [2.45, 2.75) is 38.8 Å². The highest BCUT2D eigenvalue weighted by Crippen LogP contribution is 2.33. The van der Waals surface area contributed by atoms with E-state index in [9.17, 15) is 5.11 Å². The van der Waals surface area contributed by atoms with Crippen molar-refractivity contribution in [2.75, 3.05) is 19.8 Å². The molecule has 2 unspecified atom stereocenters. The van der Waals surface area contributed by atoms with Crippen LogP contribution in [0, 0.1) is 0 Å². The highest BCUT2D eigenvalue weighted by Gasteiger charge is 2.19. The fourth-order valence-electron chi connectivity index (χ4n) is 2.15. The maximum absolute atomic E-state index is 10.3. The number of aliphatic hydroxyl groups excluding tert-OH is 1. The number of ether oxygens (including phenoxy) is 2. The Morgan fingerprint density at radius 3 is 2.74 bits per heavy atom. The van der Waals surface area contributed by atoms with E-state index >= 15 is 0 Å². The molecule has 1 aliphatic rings. The highest BCUT2D eigenvalue weighted by atomic mass is 16.6. The van der Waals surface area contributed by atoms with Crippen LogP contribution in [0.1, 0.15) is 38.4 Å². The number of hydrogen-bond acceptors (Lipinski definition) is 4. The predicted molar refractivity (Wildman–Crippen MR) is 74.8 cm³/mol. The van der Waals surface area contributed by atoms with Crippen LogP contribution in [0.2, 0.25) is 0 Å². The molecule has 106 valence electrons. The van der Waals surface area contributed by atoms with Gasteiger partial charge in [-0.25, -0.2) is 0 Å². The molecule has 0 bridgehead atoms. The summed E-state index contributed by atoms with van der Waals surface area (Å²) in [5.74, 6) is 1.48. The first-order chi connectivity index (χ1) is 9.22. The lowest BCUT2D eigenvalue weighted by Crippen LogP contribution is -2.32. The normalized spacial score (nSPS) is 17.0. The van der Waals surface area contributed by atoms with Crippen LogP contribution in [0.5, 0.6) is 11.5 Å². The van der Waals surface area contributed by atoms with E-state index in [1.807, 2.05) is 25.1 Å². The van der Waals surface area contributed by atoms with E-state index in [1.54, 1.807) is 0 Å². The Hall–Kier alpha value is -1.26. The Balaban J connectivity index is 2.00. The minimum atomic E-state index is -0.535. The standard InChI is InChI=1S/C15H23NO3/c1-3-4-7-16-11(2)15(17)12-5-6-13-14(10-12)19-9-8-18-13/h5-6,10-11,15-17H,3-4,7-9H2,1-2H3. The number of unbranched alkanes of at least 4 members (excludes halogenated alkanes) is 1. The summed E-state index contributed by atoms with van der Waals surface area (Å²) in [6.07, 6.45) is 1.74. The van der Waals surface area contributed by atoms with Gasteiger partial charge in [0.15, 0.2) is 11.5 Å². The molecule has 1 aromatic carbocycles. The molecule has 2 N–H and O–H groups in total. The molecule has 19 heavy (non-hydrogen) atoms. The van der Waals surface area contributed by atoms with E-state index in [0.717, 1.165) is 36.4 Å². The lowest BCUT2D eigenvalue weighted by molar-refractivity contribution is 0.133. The first kappa shape index (κ1) is 14.2. The molecular formula is C15H23NO3. The van der Waals surface area contributed by atoms with Gasteiger partial charge in [-0.05, 0) is 37.6 Å². The third-order valence-electron chi connectivity index (χ3n) is 3.38. The van der Waals surface area contributed by atoms with Crippen LogP contribution >= 0.6 is 0 Å². The molecular weight excluding hydrogens is 242 g/mol. The number of fused-ring (bicyclic) bond motifs is 1. The summed E-state index contributed by atoms with van der Waals surface area (Å²) in [4.78, 5) is 0. The highest BCUT2D eigenvalue weighted by molar-refractivity contribution is 5.44. The average Bonchev–Trinajstić information content (AvgIpc) is 2.46. The third kappa shape index (κ3) is 3.61. The topological polar surface area (TPSA) is 50.7 Å². The molecule has 2 atom stereocenters. The summed E-state index contributed by atoms with van der Waals surface area (Å²) in [5.41, 5.74) is 0.862. The molecule has 2 rings (SSSR count). The molecule has 0 fully saturated rings. The SMILES string of the molecule is CCCCNC(C)C(O)c1ccc2c(c1)OCCO2. The molecule has 1 heterocycles. The molecule has 4 nitrogen and oxygen atoms in total. The van der Waals surface area contributed by atoms with Gasteiger partial charge >= 0.3 is 0 Å². The van der Waals surface area contributed by atoms with Gasteiger partial charge in [0.2, 0.25) is 0 Å². The number of hydrogen-bond donors (Lipinski definition) is 2. The zero-order chi connectivity index (χ0) is 13.7. The lowest BCUT2D eigenvalue weighted by Gasteiger charge is -2.23. The van der Waals surface area contributed by atoms with Gasteiger partial charge in [0.1, 0.15) is 13.2 Å². The molecule has 1 aromatic rings. The van der Waals surface area contributed by atoms with Crippen molar-refractivity contribution in [3.05, 3.63) is 23.8 Å². The van der Waals surface area contributed by atoms with Gasteiger partial charge < -0.3 is 19.9 Å². The largest absolute Gasteiger partial charge is 0.486 e. The van der Waals surface area contributed by atoms with E-state index in [-0.39, 0.29) is 6.04 Å². The van der Waals surface area contributed by atoms with Crippen LogP contribution in [0.3, 0.4) is 0 Å². The molecule has 1 aliphatic heterocycles. The molecule has 0 spiro atoms. The second kappa shape index (κ2) is 6.78. The summed E-state index contributed by atoms with van der Waals surface area (Å²) in [5, 5.41) is 13.7. The third-order valence-corrected chi connectivity index (χ3v) is 3.38. The number of rotatable bonds is 6. The van der Waals surface area contributed by atoms with Crippen molar-refractivity contribution >= 4 is 0 Å². The first-order valence-corrected chi connectivity index (χ1v) is 7.03. The monoisotopic (exact) mass is 265 g/mol. The smallest absolute Gasteiger partial charge is 0.161 e. The quantitative estimate of drug-likeness (QED) is 0.775. The van der Waals surface area contributed by atoms with Crippen LogP contribution < -0.4 is 14.8 Å². The van der Waals surface area contributed by atoms with Crippen molar-refractivity contribution in [2.24, 2.45) is 0 Å². The lowest BCUT2D eigenvalue weighted by atomic mass is 10.0. The Kier molecular flexibility index (Phi) is 5.05. The van der Waals surface area contributed by atoms with Gasteiger partial charge in [0.25, 0.3) is 0 Å². The van der Waals surface area contributed by atoms with Crippen molar-refractivity contribution < 1.29 is 14.6 Å². The molecule has 0 saturated carbocycles. The van der Waals surface area contributed by atoms with Crippen LogP contribution in [-0.2, 0) is 0 Å². The molecule has 0 aromatic heterocycles. The van der Waals surface area contributed by atoms with Crippen LogP contribution in [0.15, 0.2) is 18.2 Å². The van der Waals surface area contributed by atoms with Gasteiger partial charge in [0, 0.05) is 6.04 Å². The predicted octanol–water partition coefficient (Wildman–Crippen LogP) is 2.27. The van der Waals surface area contributed by atoms with Crippen LogP contribution in [0.25, 0.3) is 0 Å². The van der Waals surface area contributed by atoms with Crippen molar-refractivity contribution in [1.82, 2.24) is 5.32 Å². The van der Waals surface area contributed by atoms with Crippen LogP contribution in [0.4, 0.5) is 0 Å². The molecule has 4 heteroatoms. The van der Waals surface area contributed by atoms with E-state index in [0.29, 0.717) is 13.2 Å². The average molecular weight is 265 g/mol. The van der Waals surface area contributed by atoms with Crippen LogP contribution in [-0.4, -0.2) is 30.9 Å². The van der Waals surface area contributed by atoms with E-state index in [4.69, 9.17) is 9.47 Å². The summed E-state index contributed by atoms with van der Waals surface area (Å²) >= 11 is 0. The van der Waals surface area contributed by atoms with E-state index in [2.05, 4.69) is 12.2 Å². The fourth-order valence-corrected chi connectivity index (χ4v) is 2.15. The van der Waals surface area contributed by atoms with Crippen molar-refractivity contribution in [1.29, 1.82) is 0 Å². The number of aliphatic hydroxyl groups is 1. The van der Waals surface area contributed by atoms with Gasteiger partial charge in [0.05, 0.1) is 6.10 Å². The Morgan fingerprint density at radius 1 is 1.26 bits per heavy atom. The van der Waals surface area contributed by atoms with E-state index < -0.39 is 6.10 Å². The van der Waals surface area contributed by atoms with Gasteiger partial charge in [-0.3, -0.25) is 0 Å². The van der Waals surface area contributed by atoms with Gasteiger partial charge in [-0.1, -0.05) is 19.4 Å². The zero-order valence-electron chi connectivity index (χ0n) is 11.7. The number of benzene rings is 1. The van der Waals surface area contributed by atoms with Crippen molar-refractivity contribution in [3.8, 4) is 11.5 Å². The van der Waals surface area contributed by atoms with Gasteiger partial charge in [-0.2, -0.15) is 0 Å². The maximum atomic E-state index is 10.3. The minimum Gasteiger partial charge on any atom is -0.486 e. The number of nitrogens with one attached hydrogen (secondary N) is 1. The second-order valence-corrected chi connectivity index (χ2v) is 4.94. The molecule has 0 amide bonds. The molecule has 0 saturated heterocycles. The summed E-state index contributed by atoms with van der Waals surface area (Å²) in [7, 11) is 0. The van der Waals surface area contributed by atoms with Crippen molar-refractivity contribution in [3.63, 3.8) is 0 Å². The zero-order valence-corrected chi connectivity index (χ0v) is 11.7. The Labute approximate surface area is 114 Å². The maximum Gasteiger partial charge on any atom is 0.161 e. The summed E-state index contributed by atoms with van der Waals surface area (Å²) in [6, 6.07) is 5.66. The minimum absolute atomic E-state index is 0.0223. The first-order valence-electron chi connectivity index (χ1n) is 7.03. The fraction of sp³-hybridized carbons (Fsp3) is 0.600. The molecule has 0 radical (unpaired) electrons. The Bertz CT molecular complexity index is 408. The molecule has 0 aliphatic carbocycles. The summed E-state index contributed by atoms with van der Waals surface area (Å²) < 4.78 is 11.0.